The van der Waals surface area contributed by atoms with E-state index in [1.807, 2.05) is 36.2 Å². The summed E-state index contributed by atoms with van der Waals surface area (Å²) in [5.74, 6) is 0.767. The molecule has 0 saturated heterocycles. The van der Waals surface area contributed by atoms with Gasteiger partial charge in [0.2, 0.25) is 0 Å². The van der Waals surface area contributed by atoms with Crippen LogP contribution in [0.3, 0.4) is 0 Å². The van der Waals surface area contributed by atoms with Gasteiger partial charge in [-0.3, -0.25) is 0 Å². The summed E-state index contributed by atoms with van der Waals surface area (Å²) in [5.41, 5.74) is 0. The maximum absolute atomic E-state index is 9.74. The molecule has 96 valence electrons. The van der Waals surface area contributed by atoms with E-state index < -0.39 is 6.10 Å². The summed E-state index contributed by atoms with van der Waals surface area (Å²) in [5, 5.41) is 19.9. The molecule has 1 heterocycles. The zero-order valence-electron chi connectivity index (χ0n) is 10.6. The van der Waals surface area contributed by atoms with Crippen LogP contribution in [0.15, 0.2) is 30.5 Å². The Hall–Kier alpha value is -1.72. The monoisotopic (exact) mass is 247 g/mol. The van der Waals surface area contributed by atoms with Crippen LogP contribution in [-0.2, 0) is 4.74 Å². The van der Waals surface area contributed by atoms with Crippen LogP contribution in [0.2, 0.25) is 0 Å². The molecule has 0 bridgehead atoms. The van der Waals surface area contributed by atoms with E-state index in [1.54, 1.807) is 13.3 Å². The number of anilines is 1. The Balaban J connectivity index is 2.24. The fraction of sp³-hybridized carbons (Fsp3) is 0.385. The number of hydrogen-bond acceptors (Lipinski definition) is 5. The molecule has 0 aliphatic heterocycles. The first-order valence-corrected chi connectivity index (χ1v) is 5.81. The van der Waals surface area contributed by atoms with Gasteiger partial charge < -0.3 is 14.7 Å². The number of ether oxygens (including phenoxy) is 1. The van der Waals surface area contributed by atoms with E-state index in [0.29, 0.717) is 13.2 Å². The average Bonchev–Trinajstić information content (AvgIpc) is 2.38. The van der Waals surface area contributed by atoms with Gasteiger partial charge in [0.25, 0.3) is 0 Å². The van der Waals surface area contributed by atoms with Gasteiger partial charge in [-0.15, -0.1) is 5.10 Å². The van der Waals surface area contributed by atoms with Crippen molar-refractivity contribution in [3.05, 3.63) is 30.5 Å². The number of hydrogen-bond donors (Lipinski definition) is 1. The van der Waals surface area contributed by atoms with Gasteiger partial charge in [-0.1, -0.05) is 24.3 Å². The Morgan fingerprint density at radius 3 is 2.94 bits per heavy atom. The first-order valence-electron chi connectivity index (χ1n) is 5.81. The van der Waals surface area contributed by atoms with Crippen LogP contribution in [0.25, 0.3) is 10.8 Å². The summed E-state index contributed by atoms with van der Waals surface area (Å²) in [6.45, 7) is 0.763. The lowest BCUT2D eigenvalue weighted by molar-refractivity contribution is 0.0694. The first kappa shape index (κ1) is 12.7. The highest BCUT2D eigenvalue weighted by molar-refractivity contribution is 5.91. The average molecular weight is 247 g/mol. The van der Waals surface area contributed by atoms with E-state index in [1.165, 1.54) is 0 Å². The van der Waals surface area contributed by atoms with Crippen LogP contribution in [0.1, 0.15) is 0 Å². The first-order chi connectivity index (χ1) is 8.72. The van der Waals surface area contributed by atoms with Gasteiger partial charge in [-0.25, -0.2) is 0 Å². The molecule has 0 aliphatic rings. The summed E-state index contributed by atoms with van der Waals surface area (Å²) < 4.78 is 4.92. The molecule has 0 spiro atoms. The fourth-order valence-corrected chi connectivity index (χ4v) is 1.94. The summed E-state index contributed by atoms with van der Waals surface area (Å²) in [6, 6.07) is 7.92. The molecule has 0 fully saturated rings. The highest BCUT2D eigenvalue weighted by Gasteiger charge is 2.12. The fourth-order valence-electron chi connectivity index (χ4n) is 1.94. The molecule has 2 aromatic rings. The zero-order valence-corrected chi connectivity index (χ0v) is 10.6. The van der Waals surface area contributed by atoms with Crippen molar-refractivity contribution in [2.45, 2.75) is 6.10 Å². The molecule has 5 heteroatoms. The van der Waals surface area contributed by atoms with Crippen molar-refractivity contribution in [1.82, 2.24) is 10.2 Å². The van der Waals surface area contributed by atoms with Crippen molar-refractivity contribution in [1.29, 1.82) is 0 Å². The second-order valence-electron chi connectivity index (χ2n) is 4.25. The van der Waals surface area contributed by atoms with Crippen LogP contribution in [0.4, 0.5) is 5.82 Å². The third kappa shape index (κ3) is 2.75. The lowest BCUT2D eigenvalue weighted by Crippen LogP contribution is -2.32. The van der Waals surface area contributed by atoms with Crippen molar-refractivity contribution >= 4 is 16.6 Å². The largest absolute Gasteiger partial charge is 0.389 e. The SMILES string of the molecule is COCC(O)CN(C)c1nncc2ccccc12. The smallest absolute Gasteiger partial charge is 0.158 e. The minimum atomic E-state index is -0.541. The van der Waals surface area contributed by atoms with Gasteiger partial charge in [-0.2, -0.15) is 5.10 Å². The van der Waals surface area contributed by atoms with Crippen LogP contribution in [0, 0.1) is 0 Å². The summed E-state index contributed by atoms with van der Waals surface area (Å²) in [4.78, 5) is 1.89. The quantitative estimate of drug-likeness (QED) is 0.856. The third-order valence-corrected chi connectivity index (χ3v) is 2.76. The molecule has 5 nitrogen and oxygen atoms in total. The topological polar surface area (TPSA) is 58.5 Å². The Morgan fingerprint density at radius 2 is 2.17 bits per heavy atom. The predicted molar refractivity (Wildman–Crippen MR) is 70.7 cm³/mol. The number of aromatic nitrogens is 2. The molecule has 18 heavy (non-hydrogen) atoms. The number of nitrogens with zero attached hydrogens (tertiary/aromatic N) is 3. The molecule has 1 N–H and O–H groups in total. The number of aliphatic hydroxyl groups excluding tert-OH is 1. The number of rotatable bonds is 5. The van der Waals surface area contributed by atoms with Gasteiger partial charge in [0.1, 0.15) is 0 Å². The lowest BCUT2D eigenvalue weighted by Gasteiger charge is -2.21. The lowest BCUT2D eigenvalue weighted by atomic mass is 10.2. The molecule has 0 amide bonds. The molecular weight excluding hydrogens is 230 g/mol. The Morgan fingerprint density at radius 1 is 1.39 bits per heavy atom. The van der Waals surface area contributed by atoms with Crippen molar-refractivity contribution in [3.63, 3.8) is 0 Å². The normalized spacial score (nSPS) is 12.6. The van der Waals surface area contributed by atoms with E-state index in [4.69, 9.17) is 4.74 Å². The number of benzene rings is 1. The predicted octanol–water partition coefficient (Wildman–Crippen LogP) is 1.07. The summed E-state index contributed by atoms with van der Waals surface area (Å²) >= 11 is 0. The van der Waals surface area contributed by atoms with Gasteiger partial charge in [-0.05, 0) is 0 Å². The van der Waals surface area contributed by atoms with Gasteiger partial charge >= 0.3 is 0 Å². The Kier molecular flexibility index (Phi) is 4.07. The van der Waals surface area contributed by atoms with E-state index in [2.05, 4.69) is 10.2 Å². The molecular formula is C13H17N3O2. The zero-order chi connectivity index (χ0) is 13.0. The number of likely N-dealkylation sites (N-methyl/N-ethyl adjacent to an activating group) is 1. The van der Waals surface area contributed by atoms with Gasteiger partial charge in [0.15, 0.2) is 5.82 Å². The number of aliphatic hydroxyl groups is 1. The maximum atomic E-state index is 9.74. The maximum Gasteiger partial charge on any atom is 0.158 e. The van der Waals surface area contributed by atoms with Crippen LogP contribution in [0.5, 0.6) is 0 Å². The second-order valence-corrected chi connectivity index (χ2v) is 4.25. The molecule has 2 rings (SSSR count). The molecule has 1 aromatic heterocycles. The van der Waals surface area contributed by atoms with Crippen molar-refractivity contribution in [2.24, 2.45) is 0 Å². The highest BCUT2D eigenvalue weighted by atomic mass is 16.5. The minimum Gasteiger partial charge on any atom is -0.389 e. The Bertz CT molecular complexity index is 513. The van der Waals surface area contributed by atoms with Crippen molar-refractivity contribution < 1.29 is 9.84 Å². The molecule has 1 atom stereocenters. The molecule has 0 radical (unpaired) electrons. The van der Waals surface area contributed by atoms with E-state index in [-0.39, 0.29) is 0 Å². The summed E-state index contributed by atoms with van der Waals surface area (Å²) in [6.07, 6.45) is 1.19. The van der Waals surface area contributed by atoms with Gasteiger partial charge in [0, 0.05) is 31.5 Å². The second kappa shape index (κ2) is 5.75. The van der Waals surface area contributed by atoms with E-state index in [9.17, 15) is 5.11 Å². The standard InChI is InChI=1S/C13H17N3O2/c1-16(8-11(17)9-18-2)13-12-6-4-3-5-10(12)7-14-15-13/h3-7,11,17H,8-9H2,1-2H3. The van der Waals surface area contributed by atoms with Crippen LogP contribution < -0.4 is 4.90 Å². The highest BCUT2D eigenvalue weighted by Crippen LogP contribution is 2.22. The molecule has 1 unspecified atom stereocenters. The molecule has 0 aliphatic carbocycles. The van der Waals surface area contributed by atoms with Gasteiger partial charge in [0.05, 0.1) is 18.9 Å². The number of methoxy groups -OCH3 is 1. The van der Waals surface area contributed by atoms with Crippen molar-refractivity contribution in [2.75, 3.05) is 32.2 Å². The Labute approximate surface area is 106 Å². The third-order valence-electron chi connectivity index (χ3n) is 2.76. The van der Waals surface area contributed by atoms with E-state index >= 15 is 0 Å². The van der Waals surface area contributed by atoms with Crippen LogP contribution in [-0.4, -0.2) is 48.7 Å². The minimum absolute atomic E-state index is 0.308. The molecule has 1 aromatic carbocycles. The van der Waals surface area contributed by atoms with E-state index in [0.717, 1.165) is 16.6 Å². The number of fused-ring (bicyclic) bond motifs is 1. The van der Waals surface area contributed by atoms with Crippen molar-refractivity contribution in [3.8, 4) is 0 Å². The molecule has 0 saturated carbocycles. The summed E-state index contributed by atoms with van der Waals surface area (Å²) in [7, 11) is 3.45. The van der Waals surface area contributed by atoms with Crippen LogP contribution >= 0.6 is 0 Å².